The van der Waals surface area contributed by atoms with E-state index in [1.54, 1.807) is 11.8 Å². The summed E-state index contributed by atoms with van der Waals surface area (Å²) in [6.07, 6.45) is 0. The van der Waals surface area contributed by atoms with Crippen LogP contribution in [0, 0.1) is 0 Å². The van der Waals surface area contributed by atoms with Crippen LogP contribution >= 0.6 is 11.8 Å². The molecule has 0 aromatic heterocycles. The Hall–Kier alpha value is -2.14. The van der Waals surface area contributed by atoms with E-state index in [2.05, 4.69) is 43.4 Å². The summed E-state index contributed by atoms with van der Waals surface area (Å²) in [7, 11) is 0. The van der Waals surface area contributed by atoms with Crippen molar-refractivity contribution in [2.45, 2.75) is 32.1 Å². The predicted molar refractivity (Wildman–Crippen MR) is 109 cm³/mol. The number of carbonyl (C=O) groups excluding carboxylic acids is 1. The molecule has 1 fully saturated rings. The maximum absolute atomic E-state index is 12.9. The summed E-state index contributed by atoms with van der Waals surface area (Å²) in [5.41, 5.74) is 3.20. The topological polar surface area (TPSA) is 41.6 Å². The first-order chi connectivity index (χ1) is 12.6. The lowest BCUT2D eigenvalue weighted by Crippen LogP contribution is -2.34. The van der Waals surface area contributed by atoms with Crippen molar-refractivity contribution in [3.05, 3.63) is 59.7 Å². The first-order valence-electron chi connectivity index (χ1n) is 9.11. The number of carbonyl (C=O) groups is 1. The molecule has 1 heterocycles. The van der Waals surface area contributed by atoms with Gasteiger partial charge in [-0.05, 0) is 36.1 Å². The molecular formula is C21H26N2O2S. The van der Waals surface area contributed by atoms with Crippen LogP contribution in [0.25, 0.3) is 0 Å². The molecule has 2 amide bonds. The van der Waals surface area contributed by atoms with Crippen LogP contribution in [0.15, 0.2) is 48.5 Å². The molecule has 0 saturated carbocycles. The number of benzene rings is 2. The lowest BCUT2D eigenvalue weighted by molar-refractivity contribution is 0.214. The van der Waals surface area contributed by atoms with Gasteiger partial charge in [-0.2, -0.15) is 0 Å². The summed E-state index contributed by atoms with van der Waals surface area (Å²) in [6, 6.07) is 16.1. The second kappa shape index (κ2) is 8.49. The van der Waals surface area contributed by atoms with E-state index in [9.17, 15) is 4.79 Å². The molecule has 0 unspecified atom stereocenters. The Labute approximate surface area is 159 Å². The Morgan fingerprint density at radius 3 is 2.65 bits per heavy atom. The Bertz CT molecular complexity index is 746. The molecule has 1 aliphatic rings. The van der Waals surface area contributed by atoms with Gasteiger partial charge < -0.3 is 15.0 Å². The first-order valence-corrected chi connectivity index (χ1v) is 10.2. The fourth-order valence-corrected chi connectivity index (χ4v) is 4.29. The van der Waals surface area contributed by atoms with Crippen LogP contribution in [0.2, 0.25) is 0 Å². The summed E-state index contributed by atoms with van der Waals surface area (Å²) in [4.78, 5) is 14.8. The Morgan fingerprint density at radius 2 is 1.96 bits per heavy atom. The van der Waals surface area contributed by atoms with Gasteiger partial charge in [0.2, 0.25) is 0 Å². The minimum absolute atomic E-state index is 0.0514. The zero-order chi connectivity index (χ0) is 18.5. The van der Waals surface area contributed by atoms with Crippen molar-refractivity contribution in [1.29, 1.82) is 0 Å². The largest absolute Gasteiger partial charge is 0.492 e. The van der Waals surface area contributed by atoms with Crippen molar-refractivity contribution in [3.63, 3.8) is 0 Å². The number of para-hydroxylation sites is 2. The molecule has 138 valence electrons. The molecule has 0 radical (unpaired) electrons. The minimum Gasteiger partial charge on any atom is -0.492 e. The van der Waals surface area contributed by atoms with Gasteiger partial charge in [0, 0.05) is 12.3 Å². The van der Waals surface area contributed by atoms with Crippen molar-refractivity contribution in [2.24, 2.45) is 0 Å². The fourth-order valence-electron chi connectivity index (χ4n) is 3.04. The number of rotatable bonds is 5. The summed E-state index contributed by atoms with van der Waals surface area (Å²) in [6.45, 7) is 7.62. The van der Waals surface area contributed by atoms with E-state index in [-0.39, 0.29) is 11.4 Å². The van der Waals surface area contributed by atoms with E-state index in [1.807, 2.05) is 36.1 Å². The number of anilines is 1. The molecule has 1 aliphatic heterocycles. The summed E-state index contributed by atoms with van der Waals surface area (Å²) in [5, 5.41) is 3.07. The normalized spacial score (nSPS) is 16.8. The molecule has 2 aromatic rings. The van der Waals surface area contributed by atoms with Crippen molar-refractivity contribution < 1.29 is 9.53 Å². The van der Waals surface area contributed by atoms with Crippen LogP contribution in [0.5, 0.6) is 5.75 Å². The average molecular weight is 371 g/mol. The van der Waals surface area contributed by atoms with Gasteiger partial charge in [-0.25, -0.2) is 4.79 Å². The molecule has 1 atom stereocenters. The number of amides is 2. The van der Waals surface area contributed by atoms with E-state index in [0.717, 1.165) is 12.3 Å². The highest BCUT2D eigenvalue weighted by Gasteiger charge is 2.31. The summed E-state index contributed by atoms with van der Waals surface area (Å²) < 4.78 is 5.61. The van der Waals surface area contributed by atoms with Gasteiger partial charge in [-0.15, -0.1) is 11.8 Å². The molecule has 1 N–H and O–H groups in total. The number of nitrogens with zero attached hydrogens (tertiary/aromatic N) is 1. The maximum Gasteiger partial charge on any atom is 0.323 e. The molecule has 0 spiro atoms. The van der Waals surface area contributed by atoms with E-state index in [0.29, 0.717) is 24.0 Å². The number of nitrogens with one attached hydrogen (secondary N) is 1. The number of urea groups is 1. The van der Waals surface area contributed by atoms with E-state index in [1.165, 1.54) is 11.1 Å². The Kier molecular flexibility index (Phi) is 6.09. The lowest BCUT2D eigenvalue weighted by Gasteiger charge is -2.25. The van der Waals surface area contributed by atoms with Crippen molar-refractivity contribution >= 4 is 23.5 Å². The number of thioether (sulfide) groups is 1. The van der Waals surface area contributed by atoms with Crippen LogP contribution in [0.1, 0.15) is 43.2 Å². The van der Waals surface area contributed by atoms with Crippen LogP contribution < -0.4 is 10.1 Å². The van der Waals surface area contributed by atoms with Gasteiger partial charge in [0.15, 0.2) is 0 Å². The molecule has 4 nitrogen and oxygen atoms in total. The maximum atomic E-state index is 12.9. The van der Waals surface area contributed by atoms with Gasteiger partial charge in [-0.3, -0.25) is 0 Å². The Morgan fingerprint density at radius 1 is 1.23 bits per heavy atom. The van der Waals surface area contributed by atoms with Crippen LogP contribution in [-0.2, 0) is 0 Å². The second-order valence-corrected chi connectivity index (χ2v) is 7.79. The third-order valence-corrected chi connectivity index (χ3v) is 5.73. The predicted octanol–water partition coefficient (Wildman–Crippen LogP) is 5.49. The third-order valence-electron chi connectivity index (χ3n) is 4.47. The van der Waals surface area contributed by atoms with Crippen LogP contribution in [0.4, 0.5) is 10.5 Å². The molecule has 1 saturated heterocycles. The monoisotopic (exact) mass is 370 g/mol. The zero-order valence-corrected chi connectivity index (χ0v) is 16.4. The number of hydrogen-bond acceptors (Lipinski definition) is 3. The van der Waals surface area contributed by atoms with E-state index < -0.39 is 0 Å². The van der Waals surface area contributed by atoms with Gasteiger partial charge in [-0.1, -0.05) is 50.2 Å². The number of ether oxygens (including phenoxy) is 1. The quantitative estimate of drug-likeness (QED) is 0.757. The molecule has 5 heteroatoms. The SMILES string of the molecule is CCOc1ccccc1NC(=O)N1CCS[C@@H]1c1ccc(C(C)C)cc1. The standard InChI is InChI=1S/C21H26N2O2S/c1-4-25-19-8-6-5-7-18(19)22-21(24)23-13-14-26-20(23)17-11-9-16(10-12-17)15(2)3/h5-12,15,20H,4,13-14H2,1-3H3,(H,22,24)/t20-/m1/s1. The van der Waals surface area contributed by atoms with Crippen LogP contribution in [0.3, 0.4) is 0 Å². The summed E-state index contributed by atoms with van der Waals surface area (Å²) in [5.74, 6) is 2.15. The number of hydrogen-bond donors (Lipinski definition) is 1. The fraction of sp³-hybridized carbons (Fsp3) is 0.381. The van der Waals surface area contributed by atoms with Crippen molar-refractivity contribution in [3.8, 4) is 5.75 Å². The summed E-state index contributed by atoms with van der Waals surface area (Å²) >= 11 is 1.81. The second-order valence-electron chi connectivity index (χ2n) is 6.60. The first kappa shape index (κ1) is 18.6. The van der Waals surface area contributed by atoms with E-state index in [4.69, 9.17) is 4.74 Å². The van der Waals surface area contributed by atoms with Crippen LogP contribution in [-0.4, -0.2) is 29.8 Å². The van der Waals surface area contributed by atoms with Crippen molar-refractivity contribution in [2.75, 3.05) is 24.2 Å². The lowest BCUT2D eigenvalue weighted by atomic mass is 10.0. The van der Waals surface area contributed by atoms with Gasteiger partial charge >= 0.3 is 6.03 Å². The third kappa shape index (κ3) is 4.15. The van der Waals surface area contributed by atoms with Gasteiger partial charge in [0.25, 0.3) is 0 Å². The average Bonchev–Trinajstić information content (AvgIpc) is 3.13. The molecule has 26 heavy (non-hydrogen) atoms. The highest BCUT2D eigenvalue weighted by Crippen LogP contribution is 2.39. The zero-order valence-electron chi connectivity index (χ0n) is 15.6. The molecule has 3 rings (SSSR count). The molecule has 0 aliphatic carbocycles. The minimum atomic E-state index is -0.0833. The highest BCUT2D eigenvalue weighted by molar-refractivity contribution is 7.99. The highest BCUT2D eigenvalue weighted by atomic mass is 32.2. The molecule has 0 bridgehead atoms. The molecular weight excluding hydrogens is 344 g/mol. The van der Waals surface area contributed by atoms with E-state index >= 15 is 0 Å². The Balaban J connectivity index is 1.74. The van der Waals surface area contributed by atoms with Gasteiger partial charge in [0.1, 0.15) is 11.1 Å². The van der Waals surface area contributed by atoms with Gasteiger partial charge in [0.05, 0.1) is 12.3 Å². The van der Waals surface area contributed by atoms with Crippen molar-refractivity contribution in [1.82, 2.24) is 4.90 Å². The molecule has 2 aromatic carbocycles. The smallest absolute Gasteiger partial charge is 0.323 e.